The van der Waals surface area contributed by atoms with Crippen LogP contribution in [-0.4, -0.2) is 96.7 Å². The van der Waals surface area contributed by atoms with Gasteiger partial charge in [0.15, 0.2) is 12.2 Å². The molecule has 0 saturated carbocycles. The summed E-state index contributed by atoms with van der Waals surface area (Å²) in [5, 5.41) is 10.6. The van der Waals surface area contributed by atoms with Gasteiger partial charge in [-0.15, -0.1) is 0 Å². The van der Waals surface area contributed by atoms with Gasteiger partial charge >= 0.3 is 39.5 Å². The lowest BCUT2D eigenvalue weighted by Crippen LogP contribution is -2.30. The number of aliphatic hydroxyl groups is 1. The number of hydrogen-bond acceptors (Lipinski definition) is 15. The molecule has 3 N–H and O–H groups in total. The van der Waals surface area contributed by atoms with Crippen LogP contribution in [0.15, 0.2) is 0 Å². The molecule has 0 spiro atoms. The first-order valence-electron chi connectivity index (χ1n) is 41.8. The Hall–Kier alpha value is -1.94. The highest BCUT2D eigenvalue weighted by Crippen LogP contribution is 2.45. The quantitative estimate of drug-likeness (QED) is 0.0222. The maximum absolute atomic E-state index is 13.1. The minimum atomic E-state index is -4.96. The monoisotopic (exact) mass is 1450 g/mol. The van der Waals surface area contributed by atoms with Gasteiger partial charge in [-0.2, -0.15) is 0 Å². The first-order valence-corrected chi connectivity index (χ1v) is 44.8. The van der Waals surface area contributed by atoms with E-state index in [4.69, 9.17) is 37.0 Å². The van der Waals surface area contributed by atoms with Gasteiger partial charge in [0, 0.05) is 25.7 Å². The van der Waals surface area contributed by atoms with Crippen molar-refractivity contribution in [3.8, 4) is 0 Å². The van der Waals surface area contributed by atoms with E-state index in [0.29, 0.717) is 25.7 Å². The first-order chi connectivity index (χ1) is 48.2. The molecule has 0 aliphatic heterocycles. The van der Waals surface area contributed by atoms with Gasteiger partial charge in [-0.25, -0.2) is 9.13 Å². The number of phosphoric ester groups is 2. The Labute approximate surface area is 607 Å². The molecule has 0 saturated heterocycles. The summed E-state index contributed by atoms with van der Waals surface area (Å²) in [6.45, 7) is 4.99. The molecular formula is C80H156O17P2. The van der Waals surface area contributed by atoms with E-state index in [2.05, 4.69) is 27.7 Å². The SMILES string of the molecule is CCCCCCCCCCCCCCCCCCCCCCCC(=O)O[C@H](COC(=O)CCCCCCCCCCCCCCCCCCCC)COP(=O)(O)OC[C@@H](O)COP(=O)(O)OC[C@@H](COC(=O)CCCCCCCCCCCC)OC(=O)CCCCCCCCCCCC. The van der Waals surface area contributed by atoms with E-state index in [-0.39, 0.29) is 25.7 Å². The zero-order valence-electron chi connectivity index (χ0n) is 64.5. The summed E-state index contributed by atoms with van der Waals surface area (Å²) in [5.74, 6) is -2.11. The predicted octanol–water partition coefficient (Wildman–Crippen LogP) is 24.2. The lowest BCUT2D eigenvalue weighted by Gasteiger charge is -2.21. The van der Waals surface area contributed by atoms with Crippen LogP contribution in [0.4, 0.5) is 0 Å². The largest absolute Gasteiger partial charge is 0.472 e. The number of carbonyl (C=O) groups excluding carboxylic acids is 4. The Kier molecular flexibility index (Phi) is 72.9. The van der Waals surface area contributed by atoms with Crippen LogP contribution in [0.5, 0.6) is 0 Å². The topological polar surface area (TPSA) is 237 Å². The van der Waals surface area contributed by atoms with Crippen molar-refractivity contribution in [1.29, 1.82) is 0 Å². The van der Waals surface area contributed by atoms with Crippen molar-refractivity contribution in [3.63, 3.8) is 0 Å². The summed E-state index contributed by atoms with van der Waals surface area (Å²) < 4.78 is 68.6. The fourth-order valence-electron chi connectivity index (χ4n) is 12.5. The molecule has 0 aromatic carbocycles. The Morgan fingerprint density at radius 3 is 0.596 bits per heavy atom. The fourth-order valence-corrected chi connectivity index (χ4v) is 14.0. The highest BCUT2D eigenvalue weighted by Gasteiger charge is 2.30. The molecule has 0 fully saturated rings. The van der Waals surface area contributed by atoms with Crippen molar-refractivity contribution in [2.24, 2.45) is 0 Å². The summed E-state index contributed by atoms with van der Waals surface area (Å²) in [4.78, 5) is 72.9. The average Bonchev–Trinajstić information content (AvgIpc) is 1.04. The van der Waals surface area contributed by atoms with Gasteiger partial charge in [0.05, 0.1) is 26.4 Å². The normalized spacial score (nSPS) is 13.8. The standard InChI is InChI=1S/C80H156O17P2/c1-5-9-13-17-21-25-29-31-33-35-37-38-39-41-43-45-47-51-55-59-63-67-80(85)97-76(71-91-78(83)65-61-57-53-50-46-44-42-40-36-34-32-30-26-22-18-14-10-6-2)73-95-99(88,89)93-69-74(81)68-92-98(86,87)94-72-75(96-79(84)66-62-58-54-49-28-24-20-16-12-8-4)70-90-77(82)64-60-56-52-48-27-23-19-15-11-7-3/h74-76,81H,5-73H2,1-4H3,(H,86,87)(H,88,89)/t74-,75+,76+/m0/s1. The molecule has 0 bridgehead atoms. The predicted molar refractivity (Wildman–Crippen MR) is 405 cm³/mol. The Morgan fingerprint density at radius 1 is 0.242 bits per heavy atom. The molecular weight excluding hydrogens is 1290 g/mol. The summed E-state index contributed by atoms with van der Waals surface area (Å²) in [7, 11) is -9.91. The van der Waals surface area contributed by atoms with Crippen LogP contribution < -0.4 is 0 Å². The lowest BCUT2D eigenvalue weighted by molar-refractivity contribution is -0.161. The molecule has 0 heterocycles. The van der Waals surface area contributed by atoms with Crippen molar-refractivity contribution in [2.45, 2.75) is 451 Å². The average molecular weight is 1450 g/mol. The number of aliphatic hydroxyl groups excluding tert-OH is 1. The van der Waals surface area contributed by atoms with Gasteiger partial charge in [-0.05, 0) is 25.7 Å². The molecule has 0 aromatic rings. The molecule has 0 amide bonds. The number of unbranched alkanes of at least 4 members (excludes halogenated alkanes) is 55. The van der Waals surface area contributed by atoms with E-state index >= 15 is 0 Å². The van der Waals surface area contributed by atoms with E-state index in [1.54, 1.807) is 0 Å². The maximum Gasteiger partial charge on any atom is 0.472 e. The second-order valence-electron chi connectivity index (χ2n) is 28.8. The summed E-state index contributed by atoms with van der Waals surface area (Å²) in [6.07, 6.45) is 66.7. The van der Waals surface area contributed by atoms with E-state index < -0.39 is 97.5 Å². The number of phosphoric acid groups is 2. The minimum Gasteiger partial charge on any atom is -0.462 e. The number of esters is 4. The van der Waals surface area contributed by atoms with Crippen molar-refractivity contribution in [2.75, 3.05) is 39.6 Å². The summed E-state index contributed by atoms with van der Waals surface area (Å²) in [5.41, 5.74) is 0. The number of ether oxygens (including phenoxy) is 4. The third-order valence-corrected chi connectivity index (χ3v) is 20.8. The van der Waals surface area contributed by atoms with E-state index in [1.165, 1.54) is 263 Å². The maximum atomic E-state index is 13.1. The summed E-state index contributed by atoms with van der Waals surface area (Å²) >= 11 is 0. The van der Waals surface area contributed by atoms with E-state index in [9.17, 15) is 43.2 Å². The van der Waals surface area contributed by atoms with Gasteiger partial charge in [-0.1, -0.05) is 381 Å². The summed E-state index contributed by atoms with van der Waals surface area (Å²) in [6, 6.07) is 0. The third-order valence-electron chi connectivity index (χ3n) is 18.9. The molecule has 19 heteroatoms. The Bertz CT molecular complexity index is 1880. The van der Waals surface area contributed by atoms with Crippen LogP contribution >= 0.6 is 15.6 Å². The Morgan fingerprint density at radius 2 is 0.404 bits per heavy atom. The van der Waals surface area contributed by atoms with Crippen LogP contribution in [-0.2, 0) is 65.4 Å². The van der Waals surface area contributed by atoms with Crippen LogP contribution in [0.25, 0.3) is 0 Å². The third kappa shape index (κ3) is 74.1. The number of carbonyl (C=O) groups is 4. The van der Waals surface area contributed by atoms with Crippen LogP contribution in [0, 0.1) is 0 Å². The smallest absolute Gasteiger partial charge is 0.462 e. The minimum absolute atomic E-state index is 0.107. The van der Waals surface area contributed by atoms with Gasteiger partial charge in [0.2, 0.25) is 0 Å². The number of hydrogen-bond donors (Lipinski definition) is 3. The molecule has 99 heavy (non-hydrogen) atoms. The molecule has 0 aliphatic rings. The zero-order chi connectivity index (χ0) is 72.5. The highest BCUT2D eigenvalue weighted by molar-refractivity contribution is 7.47. The molecule has 0 aliphatic carbocycles. The van der Waals surface area contributed by atoms with Crippen LogP contribution in [0.2, 0.25) is 0 Å². The van der Waals surface area contributed by atoms with Crippen molar-refractivity contribution in [1.82, 2.24) is 0 Å². The molecule has 2 unspecified atom stereocenters. The van der Waals surface area contributed by atoms with Crippen molar-refractivity contribution < 1.29 is 80.2 Å². The second-order valence-corrected chi connectivity index (χ2v) is 31.7. The lowest BCUT2D eigenvalue weighted by atomic mass is 10.0. The molecule has 17 nitrogen and oxygen atoms in total. The van der Waals surface area contributed by atoms with Crippen molar-refractivity contribution in [3.05, 3.63) is 0 Å². The zero-order valence-corrected chi connectivity index (χ0v) is 66.3. The first kappa shape index (κ1) is 97.1. The molecule has 588 valence electrons. The molecule has 0 radical (unpaired) electrons. The van der Waals surface area contributed by atoms with E-state index in [0.717, 1.165) is 89.9 Å². The van der Waals surface area contributed by atoms with Crippen LogP contribution in [0.1, 0.15) is 432 Å². The van der Waals surface area contributed by atoms with Gasteiger partial charge in [0.25, 0.3) is 0 Å². The number of rotatable bonds is 81. The van der Waals surface area contributed by atoms with Gasteiger partial charge in [-0.3, -0.25) is 37.3 Å². The van der Waals surface area contributed by atoms with Gasteiger partial charge < -0.3 is 33.8 Å². The van der Waals surface area contributed by atoms with Crippen molar-refractivity contribution >= 4 is 39.5 Å². The molecule has 0 rings (SSSR count). The molecule has 0 aromatic heterocycles. The Balaban J connectivity index is 5.18. The molecule has 5 atom stereocenters. The fraction of sp³-hybridized carbons (Fsp3) is 0.950. The van der Waals surface area contributed by atoms with Gasteiger partial charge in [0.1, 0.15) is 19.3 Å². The second kappa shape index (κ2) is 74.3. The highest BCUT2D eigenvalue weighted by atomic mass is 31.2. The van der Waals surface area contributed by atoms with Crippen LogP contribution in [0.3, 0.4) is 0 Å². The van der Waals surface area contributed by atoms with E-state index in [1.807, 2.05) is 0 Å².